The van der Waals surface area contributed by atoms with Crippen LogP contribution in [0.4, 0.5) is 0 Å². The van der Waals surface area contributed by atoms with Gasteiger partial charge < -0.3 is 16.0 Å². The molecule has 0 aromatic carbocycles. The van der Waals surface area contributed by atoms with Gasteiger partial charge in [0.05, 0.1) is 5.92 Å². The Hall–Kier alpha value is -0.610. The van der Waals surface area contributed by atoms with Gasteiger partial charge in [-0.05, 0) is 45.7 Å². The Bertz CT molecular complexity index is 272. The fraction of sp³-hybridized carbons (Fsp3) is 0.929. The summed E-state index contributed by atoms with van der Waals surface area (Å²) in [6, 6.07) is 0. The molecule has 0 saturated heterocycles. The molecule has 0 aliphatic heterocycles. The highest BCUT2D eigenvalue weighted by molar-refractivity contribution is 5.79. The molecule has 4 nitrogen and oxygen atoms in total. The van der Waals surface area contributed by atoms with Crippen molar-refractivity contribution in [2.75, 3.05) is 27.2 Å². The van der Waals surface area contributed by atoms with E-state index in [2.05, 4.69) is 38.2 Å². The van der Waals surface area contributed by atoms with Gasteiger partial charge in [0.25, 0.3) is 0 Å². The molecular formula is C14H29N3O. The Morgan fingerprint density at radius 3 is 2.33 bits per heavy atom. The van der Waals surface area contributed by atoms with Crippen LogP contribution in [0, 0.1) is 11.8 Å². The molecule has 1 amide bonds. The maximum Gasteiger partial charge on any atom is 0.224 e. The molecule has 0 aromatic heterocycles. The third-order valence-corrected chi connectivity index (χ3v) is 4.24. The number of hydrogen-bond acceptors (Lipinski definition) is 3. The number of nitrogens with zero attached hydrogens (tertiary/aromatic N) is 1. The molecule has 1 rings (SSSR count). The van der Waals surface area contributed by atoms with E-state index in [4.69, 9.17) is 5.73 Å². The predicted molar refractivity (Wildman–Crippen MR) is 75.3 cm³/mol. The standard InChI is InChI=1S/C14H29N3O/c1-11(2)8-12(9-15)13(18)16-10-14(17(3)4)6-5-7-14/h11-12H,5-10,15H2,1-4H3,(H,16,18). The molecule has 106 valence electrons. The van der Waals surface area contributed by atoms with Crippen molar-refractivity contribution in [3.05, 3.63) is 0 Å². The second-order valence-electron chi connectivity index (χ2n) is 6.25. The van der Waals surface area contributed by atoms with E-state index < -0.39 is 0 Å². The summed E-state index contributed by atoms with van der Waals surface area (Å²) in [5.74, 6) is 0.597. The second-order valence-corrected chi connectivity index (χ2v) is 6.25. The van der Waals surface area contributed by atoms with Crippen LogP contribution in [0.5, 0.6) is 0 Å². The minimum Gasteiger partial charge on any atom is -0.354 e. The van der Waals surface area contributed by atoms with Crippen LogP contribution in [0.1, 0.15) is 39.5 Å². The van der Waals surface area contributed by atoms with Crippen molar-refractivity contribution in [1.82, 2.24) is 10.2 Å². The molecule has 1 saturated carbocycles. The van der Waals surface area contributed by atoms with E-state index in [0.717, 1.165) is 13.0 Å². The quantitative estimate of drug-likeness (QED) is 0.719. The first-order chi connectivity index (χ1) is 8.41. The van der Waals surface area contributed by atoms with Crippen LogP contribution in [0.15, 0.2) is 0 Å². The first kappa shape index (κ1) is 15.4. The highest BCUT2D eigenvalue weighted by atomic mass is 16.1. The molecule has 0 radical (unpaired) electrons. The van der Waals surface area contributed by atoms with Crippen LogP contribution in [0.2, 0.25) is 0 Å². The smallest absolute Gasteiger partial charge is 0.224 e. The van der Waals surface area contributed by atoms with Crippen LogP contribution in [0.25, 0.3) is 0 Å². The zero-order valence-corrected chi connectivity index (χ0v) is 12.3. The van der Waals surface area contributed by atoms with Crippen molar-refractivity contribution in [3.8, 4) is 0 Å². The topological polar surface area (TPSA) is 58.4 Å². The Labute approximate surface area is 111 Å². The van der Waals surface area contributed by atoms with Crippen LogP contribution in [-0.2, 0) is 4.79 Å². The molecule has 1 aliphatic carbocycles. The maximum absolute atomic E-state index is 12.1. The fourth-order valence-corrected chi connectivity index (χ4v) is 2.64. The summed E-state index contributed by atoms with van der Waals surface area (Å²) in [6.07, 6.45) is 4.49. The number of hydrogen-bond donors (Lipinski definition) is 2. The largest absolute Gasteiger partial charge is 0.354 e. The maximum atomic E-state index is 12.1. The number of carbonyl (C=O) groups is 1. The minimum absolute atomic E-state index is 0.0377. The van der Waals surface area contributed by atoms with Gasteiger partial charge in [-0.3, -0.25) is 4.79 Å². The molecule has 3 N–H and O–H groups in total. The van der Waals surface area contributed by atoms with E-state index in [1.807, 2.05) is 0 Å². The van der Waals surface area contributed by atoms with Gasteiger partial charge in [0, 0.05) is 18.6 Å². The van der Waals surface area contributed by atoms with E-state index in [0.29, 0.717) is 12.5 Å². The molecule has 0 bridgehead atoms. The Morgan fingerprint density at radius 1 is 1.39 bits per heavy atom. The Morgan fingerprint density at radius 2 is 2.00 bits per heavy atom. The van der Waals surface area contributed by atoms with Crippen molar-refractivity contribution >= 4 is 5.91 Å². The third-order valence-electron chi connectivity index (χ3n) is 4.24. The van der Waals surface area contributed by atoms with Crippen molar-refractivity contribution in [2.45, 2.75) is 45.1 Å². The third kappa shape index (κ3) is 3.69. The van der Waals surface area contributed by atoms with Gasteiger partial charge in [-0.25, -0.2) is 0 Å². The number of carbonyl (C=O) groups excluding carboxylic acids is 1. The van der Waals surface area contributed by atoms with Gasteiger partial charge in [0.15, 0.2) is 0 Å². The zero-order chi connectivity index (χ0) is 13.8. The number of nitrogens with two attached hydrogens (primary N) is 1. The Balaban J connectivity index is 2.44. The van der Waals surface area contributed by atoms with Gasteiger partial charge in [0.1, 0.15) is 0 Å². The first-order valence-electron chi connectivity index (χ1n) is 7.06. The normalized spacial score (nSPS) is 19.7. The number of likely N-dealkylation sites (N-methyl/N-ethyl adjacent to an activating group) is 1. The monoisotopic (exact) mass is 255 g/mol. The molecule has 1 atom stereocenters. The molecule has 0 heterocycles. The molecule has 1 fully saturated rings. The van der Waals surface area contributed by atoms with E-state index in [1.165, 1.54) is 19.3 Å². The lowest BCUT2D eigenvalue weighted by Crippen LogP contribution is -2.58. The Kier molecular flexibility index (Phi) is 5.60. The van der Waals surface area contributed by atoms with Crippen molar-refractivity contribution in [3.63, 3.8) is 0 Å². The minimum atomic E-state index is -0.0377. The van der Waals surface area contributed by atoms with Crippen LogP contribution < -0.4 is 11.1 Å². The van der Waals surface area contributed by atoms with Crippen molar-refractivity contribution < 1.29 is 4.79 Å². The van der Waals surface area contributed by atoms with Gasteiger partial charge in [-0.2, -0.15) is 0 Å². The average molecular weight is 255 g/mol. The zero-order valence-electron chi connectivity index (χ0n) is 12.3. The molecule has 1 unspecified atom stereocenters. The van der Waals surface area contributed by atoms with Crippen LogP contribution >= 0.6 is 0 Å². The summed E-state index contributed by atoms with van der Waals surface area (Å²) in [6.45, 7) is 5.46. The van der Waals surface area contributed by atoms with Crippen molar-refractivity contribution in [2.24, 2.45) is 17.6 Å². The van der Waals surface area contributed by atoms with Gasteiger partial charge in [0.2, 0.25) is 5.91 Å². The van der Waals surface area contributed by atoms with E-state index in [-0.39, 0.29) is 17.4 Å². The molecule has 18 heavy (non-hydrogen) atoms. The lowest BCUT2D eigenvalue weighted by atomic mass is 9.75. The molecule has 1 aliphatic rings. The highest BCUT2D eigenvalue weighted by Crippen LogP contribution is 2.35. The SMILES string of the molecule is CC(C)CC(CN)C(=O)NCC1(N(C)C)CCC1. The second kappa shape index (κ2) is 6.53. The van der Waals surface area contributed by atoms with Crippen molar-refractivity contribution in [1.29, 1.82) is 0 Å². The predicted octanol–water partition coefficient (Wildman–Crippen LogP) is 1.21. The number of nitrogens with one attached hydrogen (secondary N) is 1. The summed E-state index contributed by atoms with van der Waals surface area (Å²) >= 11 is 0. The lowest BCUT2D eigenvalue weighted by Gasteiger charge is -2.47. The van der Waals surface area contributed by atoms with Gasteiger partial charge in [-0.1, -0.05) is 13.8 Å². The van der Waals surface area contributed by atoms with E-state index >= 15 is 0 Å². The molecule has 4 heteroatoms. The first-order valence-corrected chi connectivity index (χ1v) is 7.06. The van der Waals surface area contributed by atoms with Crippen LogP contribution in [0.3, 0.4) is 0 Å². The summed E-state index contributed by atoms with van der Waals surface area (Å²) in [5.41, 5.74) is 5.88. The summed E-state index contributed by atoms with van der Waals surface area (Å²) in [5, 5.41) is 3.10. The summed E-state index contributed by atoms with van der Waals surface area (Å²) in [4.78, 5) is 14.4. The van der Waals surface area contributed by atoms with Crippen LogP contribution in [-0.4, -0.2) is 43.5 Å². The summed E-state index contributed by atoms with van der Waals surface area (Å²) < 4.78 is 0. The molecular weight excluding hydrogens is 226 g/mol. The lowest BCUT2D eigenvalue weighted by molar-refractivity contribution is -0.126. The number of rotatable bonds is 7. The highest BCUT2D eigenvalue weighted by Gasteiger charge is 2.39. The fourth-order valence-electron chi connectivity index (χ4n) is 2.64. The summed E-state index contributed by atoms with van der Waals surface area (Å²) in [7, 11) is 4.19. The number of amides is 1. The average Bonchev–Trinajstić information content (AvgIpc) is 2.23. The van der Waals surface area contributed by atoms with Gasteiger partial charge in [-0.15, -0.1) is 0 Å². The molecule has 0 aromatic rings. The van der Waals surface area contributed by atoms with Gasteiger partial charge >= 0.3 is 0 Å². The van der Waals surface area contributed by atoms with E-state index in [1.54, 1.807) is 0 Å². The van der Waals surface area contributed by atoms with E-state index in [9.17, 15) is 4.79 Å². The molecule has 0 spiro atoms.